The van der Waals surface area contributed by atoms with Crippen molar-refractivity contribution in [1.29, 1.82) is 0 Å². The quantitative estimate of drug-likeness (QED) is 0.715. The molecule has 0 aliphatic rings. The van der Waals surface area contributed by atoms with Crippen LogP contribution in [0.15, 0.2) is 0 Å². The van der Waals surface area contributed by atoms with Crippen LogP contribution in [0.5, 0.6) is 0 Å². The average molecular weight is 202 g/mol. The maximum absolute atomic E-state index is 10.8. The van der Waals surface area contributed by atoms with Gasteiger partial charge in [-0.3, -0.25) is 4.79 Å². The minimum Gasteiger partial charge on any atom is -0.352 e. The van der Waals surface area contributed by atoms with Gasteiger partial charge in [-0.25, -0.2) is 0 Å². The SMILES string of the molecule is CC.CCC(NC)C(CC)NC(C)=O. The fourth-order valence-corrected chi connectivity index (χ4v) is 1.44. The lowest BCUT2D eigenvalue weighted by Crippen LogP contribution is -2.47. The Balaban J connectivity index is 0. The van der Waals surface area contributed by atoms with Crippen LogP contribution < -0.4 is 10.6 Å². The summed E-state index contributed by atoms with van der Waals surface area (Å²) >= 11 is 0. The van der Waals surface area contributed by atoms with E-state index in [4.69, 9.17) is 0 Å². The molecule has 0 aliphatic carbocycles. The number of amides is 1. The molecule has 0 aromatic carbocycles. The van der Waals surface area contributed by atoms with Crippen LogP contribution in [0.4, 0.5) is 0 Å². The summed E-state index contributed by atoms with van der Waals surface area (Å²) in [6, 6.07) is 0.649. The van der Waals surface area contributed by atoms with Gasteiger partial charge in [0.05, 0.1) is 0 Å². The van der Waals surface area contributed by atoms with Gasteiger partial charge in [0.15, 0.2) is 0 Å². The molecule has 86 valence electrons. The van der Waals surface area contributed by atoms with Gasteiger partial charge in [-0.15, -0.1) is 0 Å². The molecule has 2 unspecified atom stereocenters. The first-order valence-electron chi connectivity index (χ1n) is 5.60. The molecule has 0 bridgehead atoms. The van der Waals surface area contributed by atoms with Crippen LogP contribution in [0.3, 0.4) is 0 Å². The van der Waals surface area contributed by atoms with Crippen molar-refractivity contribution >= 4 is 5.91 Å². The van der Waals surface area contributed by atoms with Crippen LogP contribution in [0.25, 0.3) is 0 Å². The Morgan fingerprint density at radius 1 is 1.14 bits per heavy atom. The number of rotatable bonds is 5. The molecule has 3 nitrogen and oxygen atoms in total. The lowest BCUT2D eigenvalue weighted by molar-refractivity contribution is -0.119. The number of hydrogen-bond donors (Lipinski definition) is 2. The van der Waals surface area contributed by atoms with Gasteiger partial charge in [0.1, 0.15) is 0 Å². The van der Waals surface area contributed by atoms with Crippen molar-refractivity contribution in [3.8, 4) is 0 Å². The zero-order chi connectivity index (χ0) is 11.6. The second kappa shape index (κ2) is 10.5. The molecule has 0 saturated heterocycles. The summed E-state index contributed by atoms with van der Waals surface area (Å²) in [5, 5.41) is 6.12. The summed E-state index contributed by atoms with van der Waals surface area (Å²) in [6.07, 6.45) is 2.01. The van der Waals surface area contributed by atoms with Crippen molar-refractivity contribution in [2.24, 2.45) is 0 Å². The topological polar surface area (TPSA) is 41.1 Å². The highest BCUT2D eigenvalue weighted by Gasteiger charge is 2.16. The van der Waals surface area contributed by atoms with Crippen molar-refractivity contribution in [1.82, 2.24) is 10.6 Å². The third kappa shape index (κ3) is 6.89. The Morgan fingerprint density at radius 2 is 1.57 bits per heavy atom. The predicted octanol–water partition coefficient (Wildman–Crippen LogP) is 1.93. The monoisotopic (exact) mass is 202 g/mol. The largest absolute Gasteiger partial charge is 0.352 e. The zero-order valence-electron chi connectivity index (χ0n) is 10.5. The van der Waals surface area contributed by atoms with E-state index in [-0.39, 0.29) is 11.9 Å². The van der Waals surface area contributed by atoms with Gasteiger partial charge in [0, 0.05) is 19.0 Å². The Labute approximate surface area is 88.7 Å². The smallest absolute Gasteiger partial charge is 0.217 e. The molecule has 0 heterocycles. The van der Waals surface area contributed by atoms with E-state index in [1.54, 1.807) is 6.92 Å². The fourth-order valence-electron chi connectivity index (χ4n) is 1.44. The predicted molar refractivity (Wildman–Crippen MR) is 62.4 cm³/mol. The third-order valence-electron chi connectivity index (χ3n) is 2.12. The summed E-state index contributed by atoms with van der Waals surface area (Å²) in [6.45, 7) is 9.76. The number of carbonyl (C=O) groups excluding carboxylic acids is 1. The molecule has 1 amide bonds. The van der Waals surface area contributed by atoms with Crippen LogP contribution in [-0.2, 0) is 4.79 Å². The van der Waals surface area contributed by atoms with E-state index in [1.807, 2.05) is 20.9 Å². The average Bonchev–Trinajstić information content (AvgIpc) is 2.20. The van der Waals surface area contributed by atoms with Gasteiger partial charge in [-0.2, -0.15) is 0 Å². The lowest BCUT2D eigenvalue weighted by atomic mass is 10.0. The standard InChI is InChI=1S/C9H20N2O.C2H6/c1-5-8(10-4)9(6-2)11-7(3)12;1-2/h8-10H,5-6H2,1-4H3,(H,11,12);1-2H3. The van der Waals surface area contributed by atoms with E-state index in [0.29, 0.717) is 6.04 Å². The molecule has 0 fully saturated rings. The Bertz CT molecular complexity index is 133. The summed E-state index contributed by atoms with van der Waals surface area (Å²) in [5.41, 5.74) is 0. The molecule has 0 rings (SSSR count). The molecule has 0 spiro atoms. The van der Waals surface area contributed by atoms with Gasteiger partial charge >= 0.3 is 0 Å². The molecule has 0 aromatic rings. The highest BCUT2D eigenvalue weighted by atomic mass is 16.1. The number of hydrogen-bond acceptors (Lipinski definition) is 2. The van der Waals surface area contributed by atoms with E-state index in [2.05, 4.69) is 24.5 Å². The normalized spacial score (nSPS) is 13.6. The van der Waals surface area contributed by atoms with Crippen molar-refractivity contribution in [2.75, 3.05) is 7.05 Å². The Kier molecular flexibility index (Phi) is 11.9. The van der Waals surface area contributed by atoms with Crippen LogP contribution in [-0.4, -0.2) is 25.0 Å². The van der Waals surface area contributed by atoms with Gasteiger partial charge in [-0.05, 0) is 19.9 Å². The molecular weight excluding hydrogens is 176 g/mol. The number of carbonyl (C=O) groups is 1. The van der Waals surface area contributed by atoms with Gasteiger partial charge in [0.25, 0.3) is 0 Å². The zero-order valence-corrected chi connectivity index (χ0v) is 10.5. The first kappa shape index (κ1) is 15.9. The highest BCUT2D eigenvalue weighted by molar-refractivity contribution is 5.73. The molecule has 0 saturated carbocycles. The van der Waals surface area contributed by atoms with E-state index in [9.17, 15) is 4.79 Å². The maximum Gasteiger partial charge on any atom is 0.217 e. The lowest BCUT2D eigenvalue weighted by Gasteiger charge is -2.25. The van der Waals surface area contributed by atoms with Gasteiger partial charge < -0.3 is 10.6 Å². The van der Waals surface area contributed by atoms with E-state index in [0.717, 1.165) is 12.8 Å². The molecule has 0 radical (unpaired) electrons. The molecular formula is C11H26N2O. The molecule has 3 heteroatoms. The van der Waals surface area contributed by atoms with Crippen LogP contribution in [0.1, 0.15) is 47.5 Å². The fraction of sp³-hybridized carbons (Fsp3) is 0.909. The molecule has 14 heavy (non-hydrogen) atoms. The van der Waals surface area contributed by atoms with Crippen LogP contribution in [0, 0.1) is 0 Å². The van der Waals surface area contributed by atoms with E-state index < -0.39 is 0 Å². The summed E-state index contributed by atoms with van der Waals surface area (Å²) in [4.78, 5) is 10.8. The summed E-state index contributed by atoms with van der Waals surface area (Å²) in [7, 11) is 1.93. The van der Waals surface area contributed by atoms with E-state index >= 15 is 0 Å². The Hall–Kier alpha value is -0.570. The molecule has 0 aliphatic heterocycles. The number of likely N-dealkylation sites (N-methyl/N-ethyl adjacent to an activating group) is 1. The van der Waals surface area contributed by atoms with E-state index in [1.165, 1.54) is 0 Å². The molecule has 0 aromatic heterocycles. The molecule has 2 N–H and O–H groups in total. The minimum atomic E-state index is 0.0514. The van der Waals surface area contributed by atoms with Crippen LogP contribution in [0.2, 0.25) is 0 Å². The van der Waals surface area contributed by atoms with Gasteiger partial charge in [-0.1, -0.05) is 27.7 Å². The highest BCUT2D eigenvalue weighted by Crippen LogP contribution is 2.02. The summed E-state index contributed by atoms with van der Waals surface area (Å²) in [5.74, 6) is 0.0514. The second-order valence-corrected chi connectivity index (χ2v) is 3.02. The molecule has 2 atom stereocenters. The first-order chi connectivity index (χ1) is 6.65. The van der Waals surface area contributed by atoms with Gasteiger partial charge in [0.2, 0.25) is 5.91 Å². The maximum atomic E-state index is 10.8. The second-order valence-electron chi connectivity index (χ2n) is 3.02. The van der Waals surface area contributed by atoms with Crippen molar-refractivity contribution in [2.45, 2.75) is 59.5 Å². The van der Waals surface area contributed by atoms with Crippen molar-refractivity contribution in [3.63, 3.8) is 0 Å². The van der Waals surface area contributed by atoms with Crippen LogP contribution >= 0.6 is 0 Å². The first-order valence-corrected chi connectivity index (χ1v) is 5.60. The third-order valence-corrected chi connectivity index (χ3v) is 2.12. The minimum absolute atomic E-state index is 0.0514. The van der Waals surface area contributed by atoms with Crippen molar-refractivity contribution < 1.29 is 4.79 Å². The summed E-state index contributed by atoms with van der Waals surface area (Å²) < 4.78 is 0. The Morgan fingerprint density at radius 3 is 1.79 bits per heavy atom. The number of nitrogens with one attached hydrogen (secondary N) is 2. The van der Waals surface area contributed by atoms with Crippen molar-refractivity contribution in [3.05, 3.63) is 0 Å².